The Morgan fingerprint density at radius 2 is 1.71 bits per heavy atom. The fourth-order valence-electron chi connectivity index (χ4n) is 3.61. The minimum absolute atomic E-state index is 0.0374. The molecule has 1 fully saturated rings. The molecule has 2 aromatic rings. The van der Waals surface area contributed by atoms with E-state index in [4.69, 9.17) is 9.47 Å². The third-order valence-electron chi connectivity index (χ3n) is 5.44. The second-order valence-corrected chi connectivity index (χ2v) is 7.23. The zero-order chi connectivity index (χ0) is 19.8. The molecule has 6 nitrogen and oxygen atoms in total. The maximum Gasteiger partial charge on any atom is 0.282 e. The van der Waals surface area contributed by atoms with E-state index in [0.717, 1.165) is 50.8 Å². The van der Waals surface area contributed by atoms with Crippen molar-refractivity contribution in [1.82, 2.24) is 0 Å². The normalized spacial score (nSPS) is 20.2. The predicted octanol–water partition coefficient (Wildman–Crippen LogP) is -0.115. The topological polar surface area (TPSA) is 56.4 Å². The average Bonchev–Trinajstić information content (AvgIpc) is 2.75. The lowest BCUT2D eigenvalue weighted by atomic mass is 10.2. The number of amides is 1. The molecule has 0 aliphatic carbocycles. The largest absolute Gasteiger partial charge is 0.495 e. The Kier molecular flexibility index (Phi) is 7.28. The van der Waals surface area contributed by atoms with E-state index in [1.807, 2.05) is 61.5 Å². The molecular weight excluding hydrogens is 354 g/mol. The lowest BCUT2D eigenvalue weighted by molar-refractivity contribution is -1.02. The molecule has 0 saturated carbocycles. The number of hydrogen-bond acceptors (Lipinski definition) is 3. The van der Waals surface area contributed by atoms with Crippen LogP contribution in [-0.4, -0.2) is 58.4 Å². The van der Waals surface area contributed by atoms with Crippen LogP contribution in [0.15, 0.2) is 54.6 Å². The lowest BCUT2D eigenvalue weighted by Gasteiger charge is -2.32. The first kappa shape index (κ1) is 20.2. The van der Waals surface area contributed by atoms with Gasteiger partial charge in [0.1, 0.15) is 50.8 Å². The highest BCUT2D eigenvalue weighted by Crippen LogP contribution is 2.22. The minimum atomic E-state index is -0.0907. The molecule has 0 radical (unpaired) electrons. The Balaban J connectivity index is 1.41. The van der Waals surface area contributed by atoms with E-state index < -0.39 is 0 Å². The van der Waals surface area contributed by atoms with Gasteiger partial charge in [-0.25, -0.2) is 0 Å². The number of carbonyl (C=O) groups excluding carboxylic acids is 1. The van der Waals surface area contributed by atoms with Gasteiger partial charge < -0.3 is 24.6 Å². The number of rotatable bonds is 8. The number of quaternary nitrogens is 2. The molecule has 150 valence electrons. The van der Waals surface area contributed by atoms with Crippen LogP contribution >= 0.6 is 0 Å². The summed E-state index contributed by atoms with van der Waals surface area (Å²) < 4.78 is 11.1. The number of piperazine rings is 1. The number of para-hydroxylation sites is 3. The first-order valence-corrected chi connectivity index (χ1v) is 9.97. The first-order chi connectivity index (χ1) is 13.7. The van der Waals surface area contributed by atoms with Crippen molar-refractivity contribution in [2.24, 2.45) is 0 Å². The molecule has 6 heteroatoms. The van der Waals surface area contributed by atoms with Crippen molar-refractivity contribution in [2.75, 3.05) is 51.8 Å². The maximum atomic E-state index is 12.7. The summed E-state index contributed by atoms with van der Waals surface area (Å²) >= 11 is 0. The summed E-state index contributed by atoms with van der Waals surface area (Å²) in [5, 5.41) is 3.01. The summed E-state index contributed by atoms with van der Waals surface area (Å²) in [6.07, 6.45) is 0. The van der Waals surface area contributed by atoms with Crippen LogP contribution in [0.4, 0.5) is 5.69 Å². The van der Waals surface area contributed by atoms with Crippen LogP contribution in [0.1, 0.15) is 6.92 Å². The smallest absolute Gasteiger partial charge is 0.282 e. The fourth-order valence-corrected chi connectivity index (χ4v) is 3.61. The quantitative estimate of drug-likeness (QED) is 0.594. The molecule has 1 heterocycles. The summed E-state index contributed by atoms with van der Waals surface area (Å²) in [4.78, 5) is 15.5. The second-order valence-electron chi connectivity index (χ2n) is 7.23. The van der Waals surface area contributed by atoms with Gasteiger partial charge in [0, 0.05) is 0 Å². The number of anilines is 1. The first-order valence-electron chi connectivity index (χ1n) is 9.97. The Bertz CT molecular complexity index is 746. The zero-order valence-electron chi connectivity index (χ0n) is 16.7. The predicted molar refractivity (Wildman–Crippen MR) is 109 cm³/mol. The summed E-state index contributed by atoms with van der Waals surface area (Å²) in [7, 11) is 1.61. The van der Waals surface area contributed by atoms with Gasteiger partial charge in [-0.15, -0.1) is 0 Å². The molecule has 0 bridgehead atoms. The van der Waals surface area contributed by atoms with Crippen molar-refractivity contribution in [3.05, 3.63) is 54.6 Å². The highest BCUT2D eigenvalue weighted by molar-refractivity contribution is 5.94. The van der Waals surface area contributed by atoms with Gasteiger partial charge in [0.15, 0.2) is 6.04 Å². The molecule has 0 unspecified atom stereocenters. The molecule has 1 aliphatic heterocycles. The number of benzene rings is 2. The van der Waals surface area contributed by atoms with Crippen molar-refractivity contribution in [3.8, 4) is 11.5 Å². The van der Waals surface area contributed by atoms with Crippen molar-refractivity contribution in [2.45, 2.75) is 13.0 Å². The Labute approximate surface area is 167 Å². The van der Waals surface area contributed by atoms with Gasteiger partial charge in [0.2, 0.25) is 0 Å². The van der Waals surface area contributed by atoms with E-state index >= 15 is 0 Å². The molecular formula is C22H31N3O3+2. The molecule has 0 aromatic heterocycles. The van der Waals surface area contributed by atoms with Crippen molar-refractivity contribution < 1.29 is 24.1 Å². The van der Waals surface area contributed by atoms with Crippen LogP contribution in [0, 0.1) is 0 Å². The van der Waals surface area contributed by atoms with Gasteiger partial charge in [-0.1, -0.05) is 30.3 Å². The Morgan fingerprint density at radius 3 is 2.43 bits per heavy atom. The number of ether oxygens (including phenoxy) is 2. The van der Waals surface area contributed by atoms with E-state index in [9.17, 15) is 4.79 Å². The minimum Gasteiger partial charge on any atom is -0.495 e. The van der Waals surface area contributed by atoms with Crippen molar-refractivity contribution in [1.29, 1.82) is 0 Å². The summed E-state index contributed by atoms with van der Waals surface area (Å²) in [6.45, 7) is 7.80. The molecule has 2 aromatic carbocycles. The standard InChI is InChI=1S/C22H29N3O3/c1-18(22(26)23-20-10-6-7-11-21(20)27-2)25-14-12-24(13-15-25)16-17-28-19-8-4-3-5-9-19/h3-11,18H,12-17H2,1-2H3,(H,23,26)/p+2/t18-/m1/s1. The average molecular weight is 386 g/mol. The number of carbonyl (C=O) groups is 1. The van der Waals surface area contributed by atoms with Crippen molar-refractivity contribution in [3.63, 3.8) is 0 Å². The molecule has 28 heavy (non-hydrogen) atoms. The Morgan fingerprint density at radius 1 is 1.04 bits per heavy atom. The van der Waals surface area contributed by atoms with Gasteiger partial charge in [-0.05, 0) is 31.2 Å². The second kappa shape index (κ2) is 10.1. The van der Waals surface area contributed by atoms with Gasteiger partial charge in [0.25, 0.3) is 5.91 Å². The Hall–Kier alpha value is -2.57. The van der Waals surface area contributed by atoms with E-state index in [0.29, 0.717) is 5.75 Å². The third kappa shape index (κ3) is 5.47. The molecule has 3 N–H and O–H groups in total. The van der Waals surface area contributed by atoms with Crippen LogP contribution in [0.3, 0.4) is 0 Å². The van der Waals surface area contributed by atoms with Crippen LogP contribution in [-0.2, 0) is 4.79 Å². The van der Waals surface area contributed by atoms with Crippen LogP contribution in [0.2, 0.25) is 0 Å². The number of methoxy groups -OCH3 is 1. The van der Waals surface area contributed by atoms with Gasteiger partial charge in [0.05, 0.1) is 12.8 Å². The molecule has 1 aliphatic rings. The fraction of sp³-hybridized carbons (Fsp3) is 0.409. The third-order valence-corrected chi connectivity index (χ3v) is 5.44. The van der Waals surface area contributed by atoms with E-state index in [2.05, 4.69) is 5.32 Å². The molecule has 1 amide bonds. The van der Waals surface area contributed by atoms with Crippen LogP contribution < -0.4 is 24.6 Å². The van der Waals surface area contributed by atoms with Gasteiger partial charge in [-0.3, -0.25) is 4.79 Å². The number of hydrogen-bond donors (Lipinski definition) is 3. The summed E-state index contributed by atoms with van der Waals surface area (Å²) in [5.41, 5.74) is 0.726. The van der Waals surface area contributed by atoms with Gasteiger partial charge >= 0.3 is 0 Å². The van der Waals surface area contributed by atoms with E-state index in [1.165, 1.54) is 9.80 Å². The molecule has 3 rings (SSSR count). The van der Waals surface area contributed by atoms with E-state index in [1.54, 1.807) is 7.11 Å². The van der Waals surface area contributed by atoms with Crippen LogP contribution in [0.5, 0.6) is 11.5 Å². The van der Waals surface area contributed by atoms with Gasteiger partial charge in [-0.2, -0.15) is 0 Å². The SMILES string of the molecule is COc1ccccc1NC(=O)[C@@H](C)[NH+]1CC[NH+](CCOc2ccccc2)CC1. The summed E-state index contributed by atoms with van der Waals surface area (Å²) in [6, 6.07) is 17.4. The van der Waals surface area contributed by atoms with Crippen LogP contribution in [0.25, 0.3) is 0 Å². The zero-order valence-corrected chi connectivity index (χ0v) is 16.7. The highest BCUT2D eigenvalue weighted by atomic mass is 16.5. The maximum absolute atomic E-state index is 12.7. The molecule has 1 saturated heterocycles. The van der Waals surface area contributed by atoms with Crippen molar-refractivity contribution >= 4 is 11.6 Å². The summed E-state index contributed by atoms with van der Waals surface area (Å²) in [5.74, 6) is 1.65. The van der Waals surface area contributed by atoms with E-state index in [-0.39, 0.29) is 11.9 Å². The number of nitrogens with one attached hydrogen (secondary N) is 3. The molecule has 1 atom stereocenters. The monoisotopic (exact) mass is 385 g/mol. The lowest BCUT2D eigenvalue weighted by Crippen LogP contribution is -3.30. The molecule has 0 spiro atoms. The highest BCUT2D eigenvalue weighted by Gasteiger charge is 2.31.